The number of carbonyl (C=O) groups is 2. The normalized spacial score (nSPS) is 14.7. The molecule has 0 spiro atoms. The lowest BCUT2D eigenvalue weighted by atomic mass is 9.88. The van der Waals surface area contributed by atoms with Gasteiger partial charge in [-0.05, 0) is 48.6 Å². The minimum atomic E-state index is -0.590. The van der Waals surface area contributed by atoms with Crippen LogP contribution in [0.25, 0.3) is 0 Å². The maximum absolute atomic E-state index is 14.0. The van der Waals surface area contributed by atoms with Crippen molar-refractivity contribution in [2.75, 3.05) is 7.11 Å². The third-order valence-corrected chi connectivity index (χ3v) is 7.39. The molecule has 0 bridgehead atoms. The monoisotopic (exact) mass is 498 g/mol. The molecule has 0 aliphatic heterocycles. The SMILES string of the molecule is COc1cccc(CN(C(=O)CC(c2ccccc2)c2ccccc2)[C@@H](C)C(=O)NC2CCCCC2)c1. The number of hydrogen-bond acceptors (Lipinski definition) is 3. The minimum absolute atomic E-state index is 0.0492. The number of methoxy groups -OCH3 is 1. The lowest BCUT2D eigenvalue weighted by Gasteiger charge is -2.32. The van der Waals surface area contributed by atoms with Crippen molar-refractivity contribution in [3.63, 3.8) is 0 Å². The zero-order valence-electron chi connectivity index (χ0n) is 21.9. The molecule has 5 nitrogen and oxygen atoms in total. The molecule has 1 saturated carbocycles. The summed E-state index contributed by atoms with van der Waals surface area (Å²) in [6.07, 6.45) is 5.80. The molecule has 2 amide bonds. The molecule has 1 aliphatic rings. The highest BCUT2D eigenvalue weighted by Crippen LogP contribution is 2.30. The number of hydrogen-bond donors (Lipinski definition) is 1. The van der Waals surface area contributed by atoms with E-state index in [0.717, 1.165) is 48.1 Å². The summed E-state index contributed by atoms with van der Waals surface area (Å²) in [4.78, 5) is 29.1. The van der Waals surface area contributed by atoms with E-state index in [1.54, 1.807) is 12.0 Å². The van der Waals surface area contributed by atoms with Gasteiger partial charge >= 0.3 is 0 Å². The molecule has 194 valence electrons. The summed E-state index contributed by atoms with van der Waals surface area (Å²) in [5.41, 5.74) is 3.10. The van der Waals surface area contributed by atoms with Crippen molar-refractivity contribution in [2.45, 2.75) is 70.0 Å². The first-order valence-corrected chi connectivity index (χ1v) is 13.4. The molecule has 3 aromatic carbocycles. The van der Waals surface area contributed by atoms with Crippen molar-refractivity contribution in [1.29, 1.82) is 0 Å². The van der Waals surface area contributed by atoms with E-state index in [1.165, 1.54) is 6.42 Å². The van der Waals surface area contributed by atoms with Crippen LogP contribution in [0.1, 0.15) is 68.1 Å². The first-order valence-electron chi connectivity index (χ1n) is 13.4. The van der Waals surface area contributed by atoms with Gasteiger partial charge < -0.3 is 15.0 Å². The van der Waals surface area contributed by atoms with Gasteiger partial charge in [-0.25, -0.2) is 0 Å². The Labute approximate surface area is 220 Å². The highest BCUT2D eigenvalue weighted by atomic mass is 16.5. The van der Waals surface area contributed by atoms with Crippen LogP contribution in [0.5, 0.6) is 5.75 Å². The maximum atomic E-state index is 14.0. The van der Waals surface area contributed by atoms with Gasteiger partial charge in [0.2, 0.25) is 11.8 Å². The summed E-state index contributed by atoms with van der Waals surface area (Å²) in [6, 6.07) is 27.6. The van der Waals surface area contributed by atoms with Gasteiger partial charge in [0.15, 0.2) is 0 Å². The predicted molar refractivity (Wildman–Crippen MR) is 147 cm³/mol. The summed E-state index contributed by atoms with van der Waals surface area (Å²) in [5, 5.41) is 3.22. The van der Waals surface area contributed by atoms with Gasteiger partial charge in [-0.1, -0.05) is 92.1 Å². The molecule has 5 heteroatoms. The molecule has 0 heterocycles. The molecular formula is C32H38N2O3. The Morgan fingerprint density at radius 3 is 2.11 bits per heavy atom. The number of benzene rings is 3. The molecule has 4 rings (SSSR count). The van der Waals surface area contributed by atoms with Crippen LogP contribution in [0.4, 0.5) is 0 Å². The van der Waals surface area contributed by atoms with E-state index in [0.29, 0.717) is 6.54 Å². The van der Waals surface area contributed by atoms with Gasteiger partial charge in [0.25, 0.3) is 0 Å². The molecule has 1 N–H and O–H groups in total. The fourth-order valence-corrected chi connectivity index (χ4v) is 5.21. The molecule has 0 unspecified atom stereocenters. The molecule has 0 radical (unpaired) electrons. The Balaban J connectivity index is 1.60. The maximum Gasteiger partial charge on any atom is 0.242 e. The summed E-state index contributed by atoms with van der Waals surface area (Å²) in [5.74, 6) is 0.498. The van der Waals surface area contributed by atoms with Crippen molar-refractivity contribution in [3.8, 4) is 5.75 Å². The minimum Gasteiger partial charge on any atom is -0.497 e. The summed E-state index contributed by atoms with van der Waals surface area (Å²) < 4.78 is 5.40. The van der Waals surface area contributed by atoms with Crippen LogP contribution in [0.3, 0.4) is 0 Å². The predicted octanol–water partition coefficient (Wildman–Crippen LogP) is 6.08. The molecular weight excluding hydrogens is 460 g/mol. The molecule has 1 aliphatic carbocycles. The van der Waals surface area contributed by atoms with Crippen molar-refractivity contribution >= 4 is 11.8 Å². The lowest BCUT2D eigenvalue weighted by Crippen LogP contribution is -2.50. The standard InChI is InChI=1S/C32H38N2O3/c1-24(32(36)33-28-18-10-5-11-19-28)34(23-25-13-12-20-29(21-25)37-2)31(35)22-30(26-14-6-3-7-15-26)27-16-8-4-9-17-27/h3-4,6-9,12-17,20-21,24,28,30H,5,10-11,18-19,22-23H2,1-2H3,(H,33,36)/t24-/m0/s1. The second-order valence-electron chi connectivity index (χ2n) is 9.97. The zero-order valence-corrected chi connectivity index (χ0v) is 21.9. The molecule has 0 aromatic heterocycles. The van der Waals surface area contributed by atoms with Crippen molar-refractivity contribution < 1.29 is 14.3 Å². The number of amides is 2. The van der Waals surface area contributed by atoms with E-state index in [-0.39, 0.29) is 30.2 Å². The van der Waals surface area contributed by atoms with Gasteiger partial charge in [-0.15, -0.1) is 0 Å². The van der Waals surface area contributed by atoms with E-state index in [9.17, 15) is 9.59 Å². The fourth-order valence-electron chi connectivity index (χ4n) is 5.21. The highest BCUT2D eigenvalue weighted by Gasteiger charge is 2.30. The average Bonchev–Trinajstić information content (AvgIpc) is 2.95. The van der Waals surface area contributed by atoms with Gasteiger partial charge in [0, 0.05) is 24.9 Å². The second-order valence-corrected chi connectivity index (χ2v) is 9.97. The van der Waals surface area contributed by atoms with Crippen LogP contribution < -0.4 is 10.1 Å². The molecule has 3 aromatic rings. The summed E-state index contributed by atoms with van der Waals surface area (Å²) >= 11 is 0. The molecule has 0 saturated heterocycles. The van der Waals surface area contributed by atoms with E-state index < -0.39 is 6.04 Å². The highest BCUT2D eigenvalue weighted by molar-refractivity contribution is 5.88. The number of ether oxygens (including phenoxy) is 1. The number of rotatable bonds is 10. The van der Waals surface area contributed by atoms with E-state index in [1.807, 2.05) is 67.6 Å². The lowest BCUT2D eigenvalue weighted by molar-refractivity contribution is -0.141. The first kappa shape index (κ1) is 26.5. The Bertz CT molecular complexity index is 1100. The van der Waals surface area contributed by atoms with Gasteiger partial charge in [-0.2, -0.15) is 0 Å². The topological polar surface area (TPSA) is 58.6 Å². The smallest absolute Gasteiger partial charge is 0.242 e. The van der Waals surface area contributed by atoms with Crippen molar-refractivity contribution in [1.82, 2.24) is 10.2 Å². The van der Waals surface area contributed by atoms with Crippen LogP contribution in [0.2, 0.25) is 0 Å². The van der Waals surface area contributed by atoms with E-state index >= 15 is 0 Å². The van der Waals surface area contributed by atoms with Crippen LogP contribution in [-0.4, -0.2) is 35.9 Å². The largest absolute Gasteiger partial charge is 0.497 e. The molecule has 1 fully saturated rings. The Morgan fingerprint density at radius 1 is 0.892 bits per heavy atom. The average molecular weight is 499 g/mol. The fraction of sp³-hybridized carbons (Fsp3) is 0.375. The quantitative estimate of drug-likeness (QED) is 0.368. The van der Waals surface area contributed by atoms with Gasteiger partial charge in [-0.3, -0.25) is 9.59 Å². The van der Waals surface area contributed by atoms with E-state index in [2.05, 4.69) is 29.6 Å². The van der Waals surface area contributed by atoms with Gasteiger partial charge in [0.1, 0.15) is 11.8 Å². The number of nitrogens with one attached hydrogen (secondary N) is 1. The van der Waals surface area contributed by atoms with Crippen LogP contribution in [-0.2, 0) is 16.1 Å². The zero-order chi connectivity index (χ0) is 26.0. The number of nitrogens with zero attached hydrogens (tertiary/aromatic N) is 1. The number of carbonyl (C=O) groups excluding carboxylic acids is 2. The molecule has 37 heavy (non-hydrogen) atoms. The molecule has 1 atom stereocenters. The van der Waals surface area contributed by atoms with Crippen molar-refractivity contribution in [2.24, 2.45) is 0 Å². The third kappa shape index (κ3) is 7.22. The summed E-state index contributed by atoms with van der Waals surface area (Å²) in [7, 11) is 1.63. The second kappa shape index (κ2) is 13.1. The van der Waals surface area contributed by atoms with Crippen molar-refractivity contribution in [3.05, 3.63) is 102 Å². The Hall–Kier alpha value is -3.60. The third-order valence-electron chi connectivity index (χ3n) is 7.39. The Kier molecular flexibility index (Phi) is 9.36. The van der Waals surface area contributed by atoms with E-state index in [4.69, 9.17) is 4.74 Å². The van der Waals surface area contributed by atoms with Crippen LogP contribution in [0, 0.1) is 0 Å². The Morgan fingerprint density at radius 2 is 1.51 bits per heavy atom. The van der Waals surface area contributed by atoms with Crippen LogP contribution >= 0.6 is 0 Å². The summed E-state index contributed by atoms with van der Waals surface area (Å²) in [6.45, 7) is 2.18. The first-order chi connectivity index (χ1) is 18.0. The van der Waals surface area contributed by atoms with Crippen LogP contribution in [0.15, 0.2) is 84.9 Å². The van der Waals surface area contributed by atoms with Gasteiger partial charge in [0.05, 0.1) is 7.11 Å².